The topological polar surface area (TPSA) is 52.9 Å². The lowest BCUT2D eigenvalue weighted by Crippen LogP contribution is -2.31. The Morgan fingerprint density at radius 3 is 2.63 bits per heavy atom. The van der Waals surface area contributed by atoms with E-state index in [1.807, 2.05) is 6.07 Å². The van der Waals surface area contributed by atoms with E-state index in [-0.39, 0.29) is 0 Å². The summed E-state index contributed by atoms with van der Waals surface area (Å²) in [5, 5.41) is 18.5. The summed E-state index contributed by atoms with van der Waals surface area (Å²) in [6.45, 7) is 4.06. The minimum absolute atomic E-state index is 0.517. The van der Waals surface area contributed by atoms with Gasteiger partial charge < -0.3 is 14.8 Å². The van der Waals surface area contributed by atoms with Gasteiger partial charge in [-0.15, -0.1) is 0 Å². The minimum atomic E-state index is -1.43. The van der Waals surface area contributed by atoms with Crippen LogP contribution in [0.5, 0.6) is 5.75 Å². The lowest BCUT2D eigenvalue weighted by Gasteiger charge is -2.22. The minimum Gasteiger partial charge on any atom is -0.496 e. The van der Waals surface area contributed by atoms with Gasteiger partial charge in [0.15, 0.2) is 0 Å². The normalized spacial score (nSPS) is 14.8. The summed E-state index contributed by atoms with van der Waals surface area (Å²) >= 11 is 0. The van der Waals surface area contributed by atoms with Crippen LogP contribution < -0.4 is 10.2 Å². The van der Waals surface area contributed by atoms with Crippen molar-refractivity contribution >= 4 is 12.6 Å². The molecule has 1 fully saturated rings. The first-order valence-electron chi connectivity index (χ1n) is 6.92. The highest BCUT2D eigenvalue weighted by Crippen LogP contribution is 2.30. The summed E-state index contributed by atoms with van der Waals surface area (Å²) < 4.78 is 5.37. The molecule has 1 aliphatic carbocycles. The molecule has 0 bridgehead atoms. The number of methoxy groups -OCH3 is 1. The van der Waals surface area contributed by atoms with Gasteiger partial charge in [0.05, 0.1) is 7.11 Å². The molecule has 1 aliphatic rings. The standard InChI is InChI=1S/C14H22BNO3/c1-3-8-16(13-5-6-13)10-11-9-12(15(17)18)4-7-14(11)19-2/h4,7,9,13,17-18H,3,5-6,8,10H2,1-2H3. The summed E-state index contributed by atoms with van der Waals surface area (Å²) in [5.74, 6) is 0.811. The predicted octanol–water partition coefficient (Wildman–Crippen LogP) is 0.749. The van der Waals surface area contributed by atoms with Gasteiger partial charge in [-0.1, -0.05) is 19.1 Å². The van der Waals surface area contributed by atoms with Crippen LogP contribution >= 0.6 is 0 Å². The van der Waals surface area contributed by atoms with Crippen LogP contribution in [-0.2, 0) is 6.54 Å². The van der Waals surface area contributed by atoms with Crippen molar-refractivity contribution in [1.29, 1.82) is 0 Å². The molecule has 0 radical (unpaired) electrons. The van der Waals surface area contributed by atoms with Crippen LogP contribution in [-0.4, -0.2) is 41.8 Å². The maximum Gasteiger partial charge on any atom is 0.488 e. The zero-order valence-corrected chi connectivity index (χ0v) is 11.7. The maximum absolute atomic E-state index is 9.27. The highest BCUT2D eigenvalue weighted by Gasteiger charge is 2.29. The molecule has 4 nitrogen and oxygen atoms in total. The zero-order valence-electron chi connectivity index (χ0n) is 11.7. The Morgan fingerprint density at radius 1 is 1.37 bits per heavy atom. The van der Waals surface area contributed by atoms with E-state index in [1.165, 1.54) is 12.8 Å². The summed E-state index contributed by atoms with van der Waals surface area (Å²) in [6.07, 6.45) is 3.66. The second kappa shape index (κ2) is 6.41. The molecule has 1 aromatic rings. The molecule has 0 unspecified atom stereocenters. The van der Waals surface area contributed by atoms with Gasteiger partial charge in [-0.25, -0.2) is 0 Å². The van der Waals surface area contributed by atoms with Crippen LogP contribution in [0.1, 0.15) is 31.7 Å². The van der Waals surface area contributed by atoms with E-state index in [0.29, 0.717) is 11.5 Å². The Kier molecular flexibility index (Phi) is 4.85. The zero-order chi connectivity index (χ0) is 13.8. The van der Waals surface area contributed by atoms with Crippen molar-refractivity contribution in [3.8, 4) is 5.75 Å². The van der Waals surface area contributed by atoms with Crippen molar-refractivity contribution in [3.05, 3.63) is 23.8 Å². The second-order valence-electron chi connectivity index (χ2n) is 5.15. The Hall–Kier alpha value is -1.04. The predicted molar refractivity (Wildman–Crippen MR) is 76.5 cm³/mol. The van der Waals surface area contributed by atoms with Crippen molar-refractivity contribution < 1.29 is 14.8 Å². The molecule has 5 heteroatoms. The summed E-state index contributed by atoms with van der Waals surface area (Å²) in [7, 11) is 0.222. The van der Waals surface area contributed by atoms with E-state index >= 15 is 0 Å². The molecule has 0 spiro atoms. The fraction of sp³-hybridized carbons (Fsp3) is 0.571. The molecule has 0 saturated heterocycles. The van der Waals surface area contributed by atoms with Crippen LogP contribution in [0.4, 0.5) is 0 Å². The van der Waals surface area contributed by atoms with Crippen molar-refractivity contribution in [1.82, 2.24) is 4.90 Å². The highest BCUT2D eigenvalue weighted by molar-refractivity contribution is 6.58. The van der Waals surface area contributed by atoms with E-state index < -0.39 is 7.12 Å². The summed E-state index contributed by atoms with van der Waals surface area (Å²) in [6, 6.07) is 6.01. The third kappa shape index (κ3) is 3.72. The third-order valence-electron chi connectivity index (χ3n) is 3.55. The van der Waals surface area contributed by atoms with E-state index in [4.69, 9.17) is 4.74 Å². The molecule has 0 heterocycles. The molecule has 0 atom stereocenters. The molecule has 2 rings (SSSR count). The Labute approximate surface area is 115 Å². The fourth-order valence-electron chi connectivity index (χ4n) is 2.42. The van der Waals surface area contributed by atoms with Gasteiger partial charge in [0, 0.05) is 18.2 Å². The van der Waals surface area contributed by atoms with Crippen molar-refractivity contribution in [2.24, 2.45) is 0 Å². The molecule has 2 N–H and O–H groups in total. The average molecular weight is 263 g/mol. The molecule has 19 heavy (non-hydrogen) atoms. The van der Waals surface area contributed by atoms with Gasteiger partial charge in [0.1, 0.15) is 5.75 Å². The Bertz CT molecular complexity index is 421. The van der Waals surface area contributed by atoms with Crippen LogP contribution in [0.25, 0.3) is 0 Å². The van der Waals surface area contributed by atoms with Crippen molar-refractivity contribution in [2.75, 3.05) is 13.7 Å². The smallest absolute Gasteiger partial charge is 0.488 e. The first-order chi connectivity index (χ1) is 9.15. The molecule has 1 aromatic carbocycles. The molecule has 0 amide bonds. The molecule has 0 aromatic heterocycles. The van der Waals surface area contributed by atoms with Crippen molar-refractivity contribution in [3.63, 3.8) is 0 Å². The molecular formula is C14H22BNO3. The number of ether oxygens (including phenoxy) is 1. The third-order valence-corrected chi connectivity index (χ3v) is 3.55. The van der Waals surface area contributed by atoms with Gasteiger partial charge in [-0.2, -0.15) is 0 Å². The lowest BCUT2D eigenvalue weighted by molar-refractivity contribution is 0.251. The number of benzene rings is 1. The molecule has 0 aliphatic heterocycles. The monoisotopic (exact) mass is 263 g/mol. The maximum atomic E-state index is 9.27. The van der Waals surface area contributed by atoms with E-state index in [0.717, 1.165) is 30.8 Å². The van der Waals surface area contributed by atoms with E-state index in [2.05, 4.69) is 11.8 Å². The van der Waals surface area contributed by atoms with Gasteiger partial charge >= 0.3 is 7.12 Å². The lowest BCUT2D eigenvalue weighted by atomic mass is 9.79. The van der Waals surface area contributed by atoms with Crippen LogP contribution in [0.3, 0.4) is 0 Å². The number of rotatable bonds is 7. The number of nitrogens with zero attached hydrogens (tertiary/aromatic N) is 1. The fourth-order valence-corrected chi connectivity index (χ4v) is 2.42. The largest absolute Gasteiger partial charge is 0.496 e. The number of hydrogen-bond donors (Lipinski definition) is 2. The van der Waals surface area contributed by atoms with Crippen LogP contribution in [0, 0.1) is 0 Å². The Morgan fingerprint density at radius 2 is 2.11 bits per heavy atom. The van der Waals surface area contributed by atoms with Gasteiger partial charge in [0.2, 0.25) is 0 Å². The highest BCUT2D eigenvalue weighted by atomic mass is 16.5. The molecule has 104 valence electrons. The van der Waals surface area contributed by atoms with Gasteiger partial charge in [-0.05, 0) is 37.3 Å². The Balaban J connectivity index is 2.17. The first-order valence-corrected chi connectivity index (χ1v) is 6.92. The quantitative estimate of drug-likeness (QED) is 0.713. The van der Waals surface area contributed by atoms with Gasteiger partial charge in [-0.3, -0.25) is 4.90 Å². The summed E-state index contributed by atoms with van der Waals surface area (Å²) in [4.78, 5) is 2.45. The van der Waals surface area contributed by atoms with Crippen LogP contribution in [0.2, 0.25) is 0 Å². The van der Waals surface area contributed by atoms with Crippen molar-refractivity contribution in [2.45, 2.75) is 38.8 Å². The molecular weight excluding hydrogens is 241 g/mol. The van der Waals surface area contributed by atoms with E-state index in [1.54, 1.807) is 19.2 Å². The first kappa shape index (κ1) is 14.4. The van der Waals surface area contributed by atoms with Crippen LogP contribution in [0.15, 0.2) is 18.2 Å². The molecule has 1 saturated carbocycles. The average Bonchev–Trinajstić information content (AvgIpc) is 3.22. The second-order valence-corrected chi connectivity index (χ2v) is 5.15. The number of hydrogen-bond acceptors (Lipinski definition) is 4. The van der Waals surface area contributed by atoms with E-state index in [9.17, 15) is 10.0 Å². The SMILES string of the molecule is CCCN(Cc1cc(B(O)O)ccc1OC)C1CC1. The summed E-state index contributed by atoms with van der Waals surface area (Å²) in [5.41, 5.74) is 1.54. The van der Waals surface area contributed by atoms with Gasteiger partial charge in [0.25, 0.3) is 0 Å².